The van der Waals surface area contributed by atoms with E-state index in [9.17, 15) is 14.7 Å². The first-order chi connectivity index (χ1) is 11.8. The first-order valence-electron chi connectivity index (χ1n) is 7.80. The van der Waals surface area contributed by atoms with Crippen molar-refractivity contribution in [1.29, 1.82) is 0 Å². The van der Waals surface area contributed by atoms with Gasteiger partial charge in [0.25, 0.3) is 5.91 Å². The van der Waals surface area contributed by atoms with Crippen molar-refractivity contribution in [2.24, 2.45) is 0 Å². The first kappa shape index (κ1) is 18.8. The lowest BCUT2D eigenvalue weighted by Crippen LogP contribution is -2.48. The Balaban J connectivity index is 2.01. The molecule has 6 heteroatoms. The zero-order valence-electron chi connectivity index (χ0n) is 14.0. The van der Waals surface area contributed by atoms with Crippen LogP contribution in [0.15, 0.2) is 54.6 Å². The van der Waals surface area contributed by atoms with Gasteiger partial charge in [-0.15, -0.1) is 0 Å². The van der Waals surface area contributed by atoms with Crippen LogP contribution >= 0.6 is 11.6 Å². The number of hydrogen-bond donors (Lipinski definition) is 2. The maximum atomic E-state index is 12.4. The molecule has 2 rings (SSSR count). The van der Waals surface area contributed by atoms with Gasteiger partial charge in [-0.3, -0.25) is 9.59 Å². The molecule has 0 spiro atoms. The van der Waals surface area contributed by atoms with Crippen LogP contribution < -0.4 is 10.1 Å². The number of carboxylic acid groups (broad SMARTS) is 1. The van der Waals surface area contributed by atoms with Gasteiger partial charge in [-0.25, -0.2) is 0 Å². The summed E-state index contributed by atoms with van der Waals surface area (Å²) < 4.78 is 5.70. The highest BCUT2D eigenvalue weighted by Gasteiger charge is 2.31. The maximum Gasteiger partial charge on any atom is 0.312 e. The molecule has 0 aliphatic rings. The van der Waals surface area contributed by atoms with Crippen molar-refractivity contribution in [3.05, 3.63) is 65.2 Å². The van der Waals surface area contributed by atoms with E-state index < -0.39 is 23.4 Å². The van der Waals surface area contributed by atoms with Gasteiger partial charge in [0, 0.05) is 11.6 Å². The van der Waals surface area contributed by atoms with Crippen LogP contribution in [0.2, 0.25) is 5.02 Å². The number of nitrogens with one attached hydrogen (secondary N) is 1. The van der Waals surface area contributed by atoms with Gasteiger partial charge in [0.15, 0.2) is 5.60 Å². The molecule has 1 amide bonds. The molecule has 25 heavy (non-hydrogen) atoms. The lowest BCUT2D eigenvalue weighted by atomic mass is 9.99. The van der Waals surface area contributed by atoms with E-state index in [1.54, 1.807) is 62.4 Å². The number of benzene rings is 2. The Labute approximate surface area is 151 Å². The van der Waals surface area contributed by atoms with E-state index in [1.165, 1.54) is 0 Å². The van der Waals surface area contributed by atoms with Crippen molar-refractivity contribution in [1.82, 2.24) is 5.32 Å². The Morgan fingerprint density at radius 3 is 2.28 bits per heavy atom. The fourth-order valence-corrected chi connectivity index (χ4v) is 2.41. The summed E-state index contributed by atoms with van der Waals surface area (Å²) >= 11 is 5.83. The van der Waals surface area contributed by atoms with Crippen molar-refractivity contribution in [3.63, 3.8) is 0 Å². The third-order valence-electron chi connectivity index (χ3n) is 3.70. The number of ether oxygens (including phenoxy) is 1. The molecule has 5 nitrogen and oxygen atoms in total. The van der Waals surface area contributed by atoms with Gasteiger partial charge in [0.1, 0.15) is 5.75 Å². The molecule has 0 saturated carbocycles. The topological polar surface area (TPSA) is 75.6 Å². The molecule has 1 atom stereocenters. The van der Waals surface area contributed by atoms with Crippen LogP contribution in [0.3, 0.4) is 0 Å². The Morgan fingerprint density at radius 2 is 1.72 bits per heavy atom. The summed E-state index contributed by atoms with van der Waals surface area (Å²) in [5.41, 5.74) is -0.528. The second kappa shape index (κ2) is 8.03. The van der Waals surface area contributed by atoms with Gasteiger partial charge in [0.05, 0.1) is 5.92 Å². The van der Waals surface area contributed by atoms with Crippen LogP contribution in [-0.2, 0) is 9.59 Å². The van der Waals surface area contributed by atoms with Crippen LogP contribution in [-0.4, -0.2) is 29.1 Å². The highest BCUT2D eigenvalue weighted by atomic mass is 35.5. The fourth-order valence-electron chi connectivity index (χ4n) is 2.28. The summed E-state index contributed by atoms with van der Waals surface area (Å²) in [4.78, 5) is 23.9. The second-order valence-corrected chi connectivity index (χ2v) is 6.51. The Morgan fingerprint density at radius 1 is 1.12 bits per heavy atom. The average molecular weight is 362 g/mol. The van der Waals surface area contributed by atoms with Gasteiger partial charge in [-0.05, 0) is 43.7 Å². The standard InChI is InChI=1S/C19H20ClNO4/c1-19(2,25-15-10-8-14(20)9-11-15)18(24)21-12-16(17(22)23)13-6-4-3-5-7-13/h3-11,16H,12H2,1-2H3,(H,21,24)(H,22,23). The number of halogens is 1. The highest BCUT2D eigenvalue weighted by Crippen LogP contribution is 2.21. The predicted molar refractivity (Wildman–Crippen MR) is 96.0 cm³/mol. The lowest BCUT2D eigenvalue weighted by Gasteiger charge is -2.26. The second-order valence-electron chi connectivity index (χ2n) is 6.08. The SMILES string of the molecule is CC(C)(Oc1ccc(Cl)cc1)C(=O)NCC(C(=O)O)c1ccccc1. The third kappa shape index (κ3) is 5.22. The van der Waals surface area contributed by atoms with E-state index in [1.807, 2.05) is 6.07 Å². The van der Waals surface area contributed by atoms with Crippen molar-refractivity contribution in [2.75, 3.05) is 6.54 Å². The molecule has 0 bridgehead atoms. The first-order valence-corrected chi connectivity index (χ1v) is 8.18. The molecule has 0 aliphatic carbocycles. The number of aliphatic carboxylic acids is 1. The van der Waals surface area contributed by atoms with E-state index in [4.69, 9.17) is 16.3 Å². The predicted octanol–water partition coefficient (Wildman–Crippen LogP) is 3.48. The minimum absolute atomic E-state index is 0.0222. The van der Waals surface area contributed by atoms with Gasteiger partial charge in [-0.2, -0.15) is 0 Å². The van der Waals surface area contributed by atoms with E-state index >= 15 is 0 Å². The van der Waals surface area contributed by atoms with Gasteiger partial charge < -0.3 is 15.2 Å². The number of carbonyl (C=O) groups excluding carboxylic acids is 1. The van der Waals surface area contributed by atoms with Crippen LogP contribution in [0, 0.1) is 0 Å². The summed E-state index contributed by atoms with van der Waals surface area (Å²) in [6.07, 6.45) is 0. The molecule has 2 aromatic rings. The smallest absolute Gasteiger partial charge is 0.312 e. The molecule has 0 heterocycles. The highest BCUT2D eigenvalue weighted by molar-refractivity contribution is 6.30. The van der Waals surface area contributed by atoms with Crippen molar-refractivity contribution in [3.8, 4) is 5.75 Å². The molecule has 1 unspecified atom stereocenters. The van der Waals surface area contributed by atoms with Crippen molar-refractivity contribution < 1.29 is 19.4 Å². The third-order valence-corrected chi connectivity index (χ3v) is 3.95. The summed E-state index contributed by atoms with van der Waals surface area (Å²) in [7, 11) is 0. The average Bonchev–Trinajstić information content (AvgIpc) is 2.57. The Hall–Kier alpha value is -2.53. The minimum atomic E-state index is -1.16. The van der Waals surface area contributed by atoms with Crippen molar-refractivity contribution in [2.45, 2.75) is 25.4 Å². The molecular weight excluding hydrogens is 342 g/mol. The largest absolute Gasteiger partial charge is 0.481 e. The molecule has 0 fully saturated rings. The Bertz CT molecular complexity index is 729. The summed E-state index contributed by atoms with van der Waals surface area (Å²) in [6.45, 7) is 3.22. The van der Waals surface area contributed by atoms with Gasteiger partial charge >= 0.3 is 5.97 Å². The zero-order valence-corrected chi connectivity index (χ0v) is 14.8. The molecule has 0 aromatic heterocycles. The molecule has 0 radical (unpaired) electrons. The molecule has 0 saturated heterocycles. The minimum Gasteiger partial charge on any atom is -0.481 e. The summed E-state index contributed by atoms with van der Waals surface area (Å²) in [6, 6.07) is 15.5. The number of carbonyl (C=O) groups is 2. The molecule has 2 aromatic carbocycles. The fraction of sp³-hybridized carbons (Fsp3) is 0.263. The van der Waals surface area contributed by atoms with Crippen LogP contribution in [0.5, 0.6) is 5.75 Å². The number of carboxylic acids is 1. The number of rotatable bonds is 7. The maximum absolute atomic E-state index is 12.4. The molecule has 2 N–H and O–H groups in total. The van der Waals surface area contributed by atoms with Crippen LogP contribution in [0.4, 0.5) is 0 Å². The van der Waals surface area contributed by atoms with Crippen LogP contribution in [0.1, 0.15) is 25.3 Å². The van der Waals surface area contributed by atoms with E-state index in [2.05, 4.69) is 5.32 Å². The molecule has 0 aliphatic heterocycles. The monoisotopic (exact) mass is 361 g/mol. The zero-order chi connectivity index (χ0) is 18.4. The van der Waals surface area contributed by atoms with Gasteiger partial charge in [-0.1, -0.05) is 41.9 Å². The van der Waals surface area contributed by atoms with Crippen molar-refractivity contribution >= 4 is 23.5 Å². The molecule has 132 valence electrons. The number of amides is 1. The van der Waals surface area contributed by atoms with E-state index in [-0.39, 0.29) is 6.54 Å². The van der Waals surface area contributed by atoms with E-state index in [0.717, 1.165) is 0 Å². The van der Waals surface area contributed by atoms with E-state index in [0.29, 0.717) is 16.3 Å². The normalized spacial score (nSPS) is 12.3. The Kier molecular flexibility index (Phi) is 6.04. The number of hydrogen-bond acceptors (Lipinski definition) is 3. The summed E-state index contributed by atoms with van der Waals surface area (Å²) in [5, 5.41) is 12.6. The summed E-state index contributed by atoms with van der Waals surface area (Å²) in [5.74, 6) is -1.72. The van der Waals surface area contributed by atoms with Gasteiger partial charge in [0.2, 0.25) is 0 Å². The molecular formula is C19H20ClNO4. The van der Waals surface area contributed by atoms with Crippen LogP contribution in [0.25, 0.3) is 0 Å². The lowest BCUT2D eigenvalue weighted by molar-refractivity contribution is -0.139. The quantitative estimate of drug-likeness (QED) is 0.791.